The van der Waals surface area contributed by atoms with Gasteiger partial charge in [0.2, 0.25) is 0 Å². The van der Waals surface area contributed by atoms with Gasteiger partial charge in [-0.3, -0.25) is 4.57 Å². The summed E-state index contributed by atoms with van der Waals surface area (Å²) in [5, 5.41) is 9.83. The summed E-state index contributed by atoms with van der Waals surface area (Å²) in [6.45, 7) is 1.48. The van der Waals surface area contributed by atoms with Crippen molar-refractivity contribution >= 4 is 10.9 Å². The van der Waals surface area contributed by atoms with Gasteiger partial charge in [0.05, 0.1) is 11.1 Å². The van der Waals surface area contributed by atoms with Crippen molar-refractivity contribution in [2.45, 2.75) is 25.6 Å². The van der Waals surface area contributed by atoms with Gasteiger partial charge in [-0.15, -0.1) is 0 Å². The number of fused-ring (bicyclic) bond motifs is 3. The molecule has 0 saturated carbocycles. The Bertz CT molecular complexity index is 994. The second-order valence-corrected chi connectivity index (χ2v) is 6.97. The van der Waals surface area contributed by atoms with Crippen LogP contribution in [0.1, 0.15) is 22.4 Å². The van der Waals surface area contributed by atoms with Crippen molar-refractivity contribution in [1.82, 2.24) is 14.5 Å². The highest BCUT2D eigenvalue weighted by atomic mass is 19.4. The third kappa shape index (κ3) is 3.21. The van der Waals surface area contributed by atoms with Crippen molar-refractivity contribution in [2.24, 2.45) is 0 Å². The number of likely N-dealkylation sites (N-methyl/N-ethyl adjacent to an activating group) is 1. The highest BCUT2D eigenvalue weighted by Gasteiger charge is 2.32. The van der Waals surface area contributed by atoms with Crippen LogP contribution in [0.25, 0.3) is 16.7 Å². The van der Waals surface area contributed by atoms with E-state index in [1.165, 1.54) is 12.1 Å². The van der Waals surface area contributed by atoms with Gasteiger partial charge < -0.3 is 10.0 Å². The van der Waals surface area contributed by atoms with Gasteiger partial charge in [0.1, 0.15) is 5.82 Å². The maximum Gasteiger partial charge on any atom is 0.416 e. The SMILES string of the molecule is CN1CCc2c(c3cc(C(F)(F)F)ccc3n2-c2cc(CCO)ccn2)C1. The molecule has 0 aliphatic carbocycles. The Kier molecular flexibility index (Phi) is 4.44. The van der Waals surface area contributed by atoms with E-state index in [0.29, 0.717) is 24.2 Å². The predicted octanol–water partition coefficient (Wildman–Crippen LogP) is 3.57. The maximum absolute atomic E-state index is 13.2. The van der Waals surface area contributed by atoms with Crippen LogP contribution in [-0.4, -0.2) is 39.8 Å². The Morgan fingerprint density at radius 1 is 1.19 bits per heavy atom. The van der Waals surface area contributed by atoms with Crippen LogP contribution in [0.5, 0.6) is 0 Å². The van der Waals surface area contributed by atoms with Gasteiger partial charge in [0, 0.05) is 43.4 Å². The molecule has 1 aliphatic heterocycles. The molecule has 7 heteroatoms. The number of hydrogen-bond acceptors (Lipinski definition) is 3. The molecule has 1 N–H and O–H groups in total. The van der Waals surface area contributed by atoms with E-state index in [4.69, 9.17) is 0 Å². The minimum Gasteiger partial charge on any atom is -0.396 e. The van der Waals surface area contributed by atoms with E-state index < -0.39 is 11.7 Å². The average molecular weight is 375 g/mol. The maximum atomic E-state index is 13.2. The van der Waals surface area contributed by atoms with Crippen LogP contribution in [0.3, 0.4) is 0 Å². The zero-order valence-corrected chi connectivity index (χ0v) is 14.9. The van der Waals surface area contributed by atoms with E-state index in [9.17, 15) is 18.3 Å². The normalized spacial score (nSPS) is 15.3. The van der Waals surface area contributed by atoms with Crippen molar-refractivity contribution in [3.05, 3.63) is 58.9 Å². The topological polar surface area (TPSA) is 41.3 Å². The van der Waals surface area contributed by atoms with Crippen LogP contribution in [0.2, 0.25) is 0 Å². The van der Waals surface area contributed by atoms with E-state index in [-0.39, 0.29) is 6.61 Å². The fourth-order valence-corrected chi connectivity index (χ4v) is 3.80. The largest absolute Gasteiger partial charge is 0.416 e. The second kappa shape index (κ2) is 6.65. The molecule has 0 atom stereocenters. The van der Waals surface area contributed by atoms with Crippen molar-refractivity contribution in [2.75, 3.05) is 20.2 Å². The molecule has 4 nitrogen and oxygen atoms in total. The number of nitrogens with zero attached hydrogens (tertiary/aromatic N) is 3. The molecule has 0 radical (unpaired) electrons. The Hall–Kier alpha value is -2.38. The Labute approximate surface area is 154 Å². The van der Waals surface area contributed by atoms with Gasteiger partial charge in [-0.05, 0) is 54.9 Å². The van der Waals surface area contributed by atoms with Gasteiger partial charge in [-0.2, -0.15) is 13.2 Å². The molecule has 3 aromatic rings. The summed E-state index contributed by atoms with van der Waals surface area (Å²) in [7, 11) is 1.97. The summed E-state index contributed by atoms with van der Waals surface area (Å²) in [4.78, 5) is 6.57. The molecule has 1 aromatic carbocycles. The summed E-state index contributed by atoms with van der Waals surface area (Å²) < 4.78 is 41.7. The highest BCUT2D eigenvalue weighted by Crippen LogP contribution is 2.37. The number of alkyl halides is 3. The molecule has 3 heterocycles. The number of rotatable bonds is 3. The molecule has 0 fully saturated rings. The highest BCUT2D eigenvalue weighted by molar-refractivity contribution is 5.88. The number of aliphatic hydroxyl groups is 1. The zero-order chi connectivity index (χ0) is 19.2. The monoisotopic (exact) mass is 375 g/mol. The smallest absolute Gasteiger partial charge is 0.396 e. The molecule has 0 unspecified atom stereocenters. The van der Waals surface area contributed by atoms with E-state index in [1.54, 1.807) is 6.20 Å². The number of benzene rings is 1. The summed E-state index contributed by atoms with van der Waals surface area (Å²) in [6, 6.07) is 7.66. The fraction of sp³-hybridized carbons (Fsp3) is 0.350. The van der Waals surface area contributed by atoms with Crippen LogP contribution in [0, 0.1) is 0 Å². The minimum atomic E-state index is -4.37. The van der Waals surface area contributed by atoms with E-state index in [2.05, 4.69) is 9.88 Å². The number of hydrogen-bond donors (Lipinski definition) is 1. The van der Waals surface area contributed by atoms with Crippen LogP contribution in [-0.2, 0) is 25.6 Å². The van der Waals surface area contributed by atoms with Gasteiger partial charge in [0.15, 0.2) is 0 Å². The lowest BCUT2D eigenvalue weighted by atomic mass is 10.0. The quantitative estimate of drug-likeness (QED) is 0.761. The van der Waals surface area contributed by atoms with Crippen LogP contribution < -0.4 is 0 Å². The van der Waals surface area contributed by atoms with Crippen molar-refractivity contribution in [1.29, 1.82) is 0 Å². The molecule has 2 aromatic heterocycles. The Morgan fingerprint density at radius 2 is 2.00 bits per heavy atom. The van der Waals surface area contributed by atoms with E-state index >= 15 is 0 Å². The van der Waals surface area contributed by atoms with Crippen LogP contribution in [0.4, 0.5) is 13.2 Å². The fourth-order valence-electron chi connectivity index (χ4n) is 3.80. The lowest BCUT2D eigenvalue weighted by molar-refractivity contribution is -0.137. The summed E-state index contributed by atoms with van der Waals surface area (Å²) in [5.41, 5.74) is 2.98. The van der Waals surface area contributed by atoms with Crippen LogP contribution >= 0.6 is 0 Å². The molecular formula is C20H20F3N3O. The Balaban J connectivity index is 1.96. The third-order valence-corrected chi connectivity index (χ3v) is 5.11. The molecule has 142 valence electrons. The van der Waals surface area contributed by atoms with Crippen molar-refractivity contribution in [3.8, 4) is 5.82 Å². The molecule has 4 rings (SSSR count). The summed E-state index contributed by atoms with van der Waals surface area (Å²) >= 11 is 0. The second-order valence-electron chi connectivity index (χ2n) is 6.97. The molecule has 1 aliphatic rings. The number of halogens is 3. The molecule has 0 amide bonds. The molecule has 0 saturated heterocycles. The van der Waals surface area contributed by atoms with Crippen LogP contribution in [0.15, 0.2) is 36.5 Å². The standard InChI is InChI=1S/C20H20F3N3O/c1-25-8-5-18-16(12-25)15-11-14(20(21,22)23)2-3-17(15)26(18)19-10-13(6-9-27)4-7-24-19/h2-4,7,10-11,27H,5-6,8-9,12H2,1H3. The van der Waals surface area contributed by atoms with Gasteiger partial charge in [-0.25, -0.2) is 4.98 Å². The number of pyridine rings is 1. The third-order valence-electron chi connectivity index (χ3n) is 5.11. The zero-order valence-electron chi connectivity index (χ0n) is 14.9. The molecule has 0 bridgehead atoms. The lowest BCUT2D eigenvalue weighted by Crippen LogP contribution is -2.27. The number of aromatic nitrogens is 2. The van der Waals surface area contributed by atoms with Gasteiger partial charge >= 0.3 is 6.18 Å². The van der Waals surface area contributed by atoms with Crippen molar-refractivity contribution < 1.29 is 18.3 Å². The van der Waals surface area contributed by atoms with Gasteiger partial charge in [-0.1, -0.05) is 0 Å². The predicted molar refractivity (Wildman–Crippen MR) is 96.9 cm³/mol. The minimum absolute atomic E-state index is 0.0354. The summed E-state index contributed by atoms with van der Waals surface area (Å²) in [5.74, 6) is 0.677. The van der Waals surface area contributed by atoms with Crippen molar-refractivity contribution in [3.63, 3.8) is 0 Å². The molecule has 27 heavy (non-hydrogen) atoms. The first-order valence-corrected chi connectivity index (χ1v) is 8.86. The molecular weight excluding hydrogens is 355 g/mol. The Morgan fingerprint density at radius 3 is 2.74 bits per heavy atom. The first-order chi connectivity index (χ1) is 12.9. The average Bonchev–Trinajstić information content (AvgIpc) is 2.94. The molecule has 0 spiro atoms. The summed E-state index contributed by atoms with van der Waals surface area (Å²) in [6.07, 6.45) is -1.44. The van der Waals surface area contributed by atoms with E-state index in [0.717, 1.165) is 41.4 Å². The number of aliphatic hydroxyl groups excluding tert-OH is 1. The van der Waals surface area contributed by atoms with Gasteiger partial charge in [0.25, 0.3) is 0 Å². The first-order valence-electron chi connectivity index (χ1n) is 8.86. The lowest BCUT2D eigenvalue weighted by Gasteiger charge is -2.24. The first kappa shape index (κ1) is 18.0. The van der Waals surface area contributed by atoms with E-state index in [1.807, 2.05) is 23.7 Å².